The van der Waals surface area contributed by atoms with E-state index in [-0.39, 0.29) is 12.0 Å². The number of hydrogen-bond donors (Lipinski definition) is 2. The molecule has 0 spiro atoms. The van der Waals surface area contributed by atoms with Gasteiger partial charge in [0.2, 0.25) is 0 Å². The third kappa shape index (κ3) is 4.70. The monoisotopic (exact) mass is 257 g/mol. The molecule has 0 saturated carbocycles. The fourth-order valence-electron chi connectivity index (χ4n) is 1.84. The van der Waals surface area contributed by atoms with E-state index in [4.69, 9.17) is 0 Å². The molecular weight excluding hydrogens is 236 g/mol. The first-order valence-electron chi connectivity index (χ1n) is 6.32. The zero-order valence-corrected chi connectivity index (χ0v) is 11.0. The maximum absolute atomic E-state index is 13.5. The van der Waals surface area contributed by atoms with E-state index in [0.29, 0.717) is 13.0 Å². The Morgan fingerprint density at radius 2 is 2.00 bits per heavy atom. The second kappa shape index (κ2) is 6.81. The van der Waals surface area contributed by atoms with Gasteiger partial charge in [-0.3, -0.25) is 0 Å². The first-order chi connectivity index (χ1) is 8.46. The summed E-state index contributed by atoms with van der Waals surface area (Å²) in [6.45, 7) is 5.26. The van der Waals surface area contributed by atoms with Crippen molar-refractivity contribution in [2.75, 3.05) is 13.1 Å². The van der Waals surface area contributed by atoms with Crippen molar-refractivity contribution in [1.29, 1.82) is 0 Å². The van der Waals surface area contributed by atoms with E-state index in [9.17, 15) is 13.9 Å². The van der Waals surface area contributed by atoms with Gasteiger partial charge in [0, 0.05) is 6.42 Å². The van der Waals surface area contributed by atoms with Crippen LogP contribution >= 0.6 is 0 Å². The molecule has 0 heterocycles. The lowest BCUT2D eigenvalue weighted by Crippen LogP contribution is -2.32. The largest absolute Gasteiger partial charge is 0.390 e. The van der Waals surface area contributed by atoms with E-state index in [0.717, 1.165) is 19.0 Å². The van der Waals surface area contributed by atoms with E-state index in [2.05, 4.69) is 12.2 Å². The lowest BCUT2D eigenvalue weighted by molar-refractivity contribution is 0.0506. The Morgan fingerprint density at radius 3 is 2.67 bits per heavy atom. The van der Waals surface area contributed by atoms with Crippen LogP contribution in [0.2, 0.25) is 0 Å². The minimum atomic E-state index is -1.03. The topological polar surface area (TPSA) is 32.3 Å². The highest BCUT2D eigenvalue weighted by Crippen LogP contribution is 2.20. The van der Waals surface area contributed by atoms with Crippen LogP contribution in [0.3, 0.4) is 0 Å². The van der Waals surface area contributed by atoms with Crippen LogP contribution in [-0.2, 0) is 6.42 Å². The lowest BCUT2D eigenvalue weighted by atomic mass is 9.93. The number of rotatable bonds is 7. The molecule has 0 aliphatic carbocycles. The molecule has 1 aromatic carbocycles. The van der Waals surface area contributed by atoms with Gasteiger partial charge >= 0.3 is 0 Å². The maximum Gasteiger partial charge on any atom is 0.162 e. The van der Waals surface area contributed by atoms with Crippen LogP contribution in [0, 0.1) is 11.6 Å². The first kappa shape index (κ1) is 15.1. The van der Waals surface area contributed by atoms with Gasteiger partial charge < -0.3 is 10.4 Å². The molecule has 102 valence electrons. The van der Waals surface area contributed by atoms with Gasteiger partial charge in [-0.1, -0.05) is 19.1 Å². The molecule has 1 unspecified atom stereocenters. The van der Waals surface area contributed by atoms with Crippen LogP contribution in [0.5, 0.6) is 0 Å². The molecule has 1 atom stereocenters. The fourth-order valence-corrected chi connectivity index (χ4v) is 1.84. The van der Waals surface area contributed by atoms with Crippen molar-refractivity contribution in [3.63, 3.8) is 0 Å². The summed E-state index contributed by atoms with van der Waals surface area (Å²) >= 11 is 0. The highest BCUT2D eigenvalue weighted by molar-refractivity contribution is 5.20. The molecule has 0 aliphatic rings. The summed E-state index contributed by atoms with van der Waals surface area (Å²) in [5.41, 5.74) is -0.814. The Morgan fingerprint density at radius 1 is 1.28 bits per heavy atom. The Labute approximate surface area is 107 Å². The van der Waals surface area contributed by atoms with Gasteiger partial charge in [0.1, 0.15) is 0 Å². The Bertz CT molecular complexity index is 380. The van der Waals surface area contributed by atoms with Crippen molar-refractivity contribution >= 4 is 0 Å². The van der Waals surface area contributed by atoms with Crippen molar-refractivity contribution < 1.29 is 13.9 Å². The smallest absolute Gasteiger partial charge is 0.162 e. The van der Waals surface area contributed by atoms with Crippen LogP contribution in [0.1, 0.15) is 32.3 Å². The third-order valence-electron chi connectivity index (χ3n) is 2.87. The molecule has 2 N–H and O–H groups in total. The second-order valence-electron chi connectivity index (χ2n) is 4.89. The number of hydrogen-bond acceptors (Lipinski definition) is 2. The maximum atomic E-state index is 13.5. The van der Waals surface area contributed by atoms with Crippen molar-refractivity contribution in [2.24, 2.45) is 0 Å². The highest BCUT2D eigenvalue weighted by Gasteiger charge is 2.23. The zero-order chi connectivity index (χ0) is 13.6. The predicted molar refractivity (Wildman–Crippen MR) is 68.5 cm³/mol. The van der Waals surface area contributed by atoms with Crippen molar-refractivity contribution in [3.05, 3.63) is 35.4 Å². The first-order valence-corrected chi connectivity index (χ1v) is 6.32. The van der Waals surface area contributed by atoms with Crippen LogP contribution in [-0.4, -0.2) is 23.8 Å². The predicted octanol–water partition coefficient (Wildman–Crippen LogP) is 2.65. The molecular formula is C14H21F2NO. The summed E-state index contributed by atoms with van der Waals surface area (Å²) in [7, 11) is 0. The zero-order valence-electron chi connectivity index (χ0n) is 11.0. The molecule has 0 radical (unpaired) electrons. The van der Waals surface area contributed by atoms with E-state index in [1.54, 1.807) is 6.92 Å². The number of benzene rings is 1. The Balaban J connectivity index is 2.56. The summed E-state index contributed by atoms with van der Waals surface area (Å²) in [5, 5.41) is 13.3. The summed E-state index contributed by atoms with van der Waals surface area (Å²) in [4.78, 5) is 0. The van der Waals surface area contributed by atoms with E-state index >= 15 is 0 Å². The number of aliphatic hydroxyl groups is 1. The molecule has 18 heavy (non-hydrogen) atoms. The van der Waals surface area contributed by atoms with Crippen LogP contribution < -0.4 is 5.32 Å². The molecule has 1 aromatic rings. The standard InChI is InChI=1S/C14H21F2NO/c1-3-8-17-9-7-14(2,18)10-11-5-4-6-12(15)13(11)16/h4-6,17-18H,3,7-10H2,1-2H3. The minimum Gasteiger partial charge on any atom is -0.390 e. The van der Waals surface area contributed by atoms with Crippen molar-refractivity contribution in [3.8, 4) is 0 Å². The number of halogens is 2. The van der Waals surface area contributed by atoms with E-state index < -0.39 is 17.2 Å². The lowest BCUT2D eigenvalue weighted by Gasteiger charge is -2.23. The quantitative estimate of drug-likeness (QED) is 0.736. The SMILES string of the molecule is CCCNCCC(C)(O)Cc1cccc(F)c1F. The molecule has 4 heteroatoms. The Kier molecular flexibility index (Phi) is 5.69. The molecule has 0 aliphatic heterocycles. The van der Waals surface area contributed by atoms with Gasteiger partial charge in [-0.05, 0) is 44.5 Å². The average Bonchev–Trinajstić information content (AvgIpc) is 2.31. The fraction of sp³-hybridized carbons (Fsp3) is 0.571. The summed E-state index contributed by atoms with van der Waals surface area (Å²) in [5.74, 6) is -1.73. The van der Waals surface area contributed by atoms with E-state index in [1.807, 2.05) is 0 Å². The van der Waals surface area contributed by atoms with Crippen molar-refractivity contribution in [2.45, 2.75) is 38.7 Å². The molecule has 2 nitrogen and oxygen atoms in total. The second-order valence-corrected chi connectivity index (χ2v) is 4.89. The molecule has 0 saturated heterocycles. The average molecular weight is 257 g/mol. The molecule has 1 rings (SSSR count). The molecule has 0 aromatic heterocycles. The van der Waals surface area contributed by atoms with Crippen LogP contribution in [0.25, 0.3) is 0 Å². The Hall–Kier alpha value is -1.00. The van der Waals surface area contributed by atoms with Gasteiger partial charge in [-0.2, -0.15) is 0 Å². The summed E-state index contributed by atoms with van der Waals surface area (Å²) < 4.78 is 26.5. The highest BCUT2D eigenvalue weighted by atomic mass is 19.2. The van der Waals surface area contributed by atoms with Gasteiger partial charge in [-0.15, -0.1) is 0 Å². The van der Waals surface area contributed by atoms with Gasteiger partial charge in [0.05, 0.1) is 5.60 Å². The van der Waals surface area contributed by atoms with Crippen LogP contribution in [0.4, 0.5) is 8.78 Å². The minimum absolute atomic E-state index is 0.115. The third-order valence-corrected chi connectivity index (χ3v) is 2.87. The van der Waals surface area contributed by atoms with E-state index in [1.165, 1.54) is 12.1 Å². The van der Waals surface area contributed by atoms with Gasteiger partial charge in [-0.25, -0.2) is 8.78 Å². The summed E-state index contributed by atoms with van der Waals surface area (Å²) in [6, 6.07) is 4.04. The molecule has 0 amide bonds. The van der Waals surface area contributed by atoms with Crippen molar-refractivity contribution in [1.82, 2.24) is 5.32 Å². The van der Waals surface area contributed by atoms with Crippen LogP contribution in [0.15, 0.2) is 18.2 Å². The molecule has 0 fully saturated rings. The van der Waals surface area contributed by atoms with Gasteiger partial charge in [0.15, 0.2) is 11.6 Å². The number of nitrogens with one attached hydrogen (secondary N) is 1. The normalized spacial score (nSPS) is 14.5. The summed E-state index contributed by atoms with van der Waals surface area (Å²) in [6.07, 6.45) is 1.65. The van der Waals surface area contributed by atoms with Gasteiger partial charge in [0.25, 0.3) is 0 Å². The molecule has 0 bridgehead atoms.